The summed E-state index contributed by atoms with van der Waals surface area (Å²) in [5.41, 5.74) is 0. The number of aryl methyl sites for hydroxylation is 2. The van der Waals surface area contributed by atoms with Crippen LogP contribution in [0.15, 0.2) is 50.6 Å². The second-order valence-electron chi connectivity index (χ2n) is 4.98. The van der Waals surface area contributed by atoms with Crippen LogP contribution in [0.5, 0.6) is 0 Å². The van der Waals surface area contributed by atoms with E-state index in [2.05, 4.69) is 47.3 Å². The Bertz CT molecular complexity index is 500. The largest absolute Gasteiger partial charge is 0.248 e. The molecule has 0 aliphatic carbocycles. The van der Waals surface area contributed by atoms with Gasteiger partial charge in [0.05, 0.1) is 25.5 Å². The molecule has 0 atom stereocenters. The number of imidazole rings is 2. The van der Waals surface area contributed by atoms with Crippen molar-refractivity contribution < 1.29 is 9.13 Å². The van der Waals surface area contributed by atoms with Crippen LogP contribution >= 0.6 is 0 Å². The Morgan fingerprint density at radius 1 is 0.750 bits per heavy atom. The van der Waals surface area contributed by atoms with Crippen molar-refractivity contribution in [1.82, 2.24) is 9.13 Å². The maximum Gasteiger partial charge on any atom is 0.248 e. The highest BCUT2D eigenvalue weighted by atomic mass is 15.1. The van der Waals surface area contributed by atoms with Gasteiger partial charge in [0, 0.05) is 0 Å². The maximum absolute atomic E-state index is 3.74. The Kier molecular flexibility index (Phi) is 5.35. The van der Waals surface area contributed by atoms with Crippen LogP contribution in [0, 0.1) is 0 Å². The average molecular weight is 272 g/mol. The standard InChI is InChI=1S/C16H24N4/c1-3-17-11-13-19(15-17)9-7-5-6-8-10-20-14-12-18(4-2)16-20/h3-4,11-16H,1-2,5-10H2/q+2. The minimum atomic E-state index is 1.08. The molecule has 0 radical (unpaired) electrons. The summed E-state index contributed by atoms with van der Waals surface area (Å²) < 4.78 is 8.36. The van der Waals surface area contributed by atoms with Gasteiger partial charge in [0.25, 0.3) is 0 Å². The first-order valence-electron chi connectivity index (χ1n) is 7.20. The average Bonchev–Trinajstić information content (AvgIpc) is 3.11. The van der Waals surface area contributed by atoms with Crippen molar-refractivity contribution in [3.8, 4) is 0 Å². The van der Waals surface area contributed by atoms with Crippen molar-refractivity contribution in [2.24, 2.45) is 0 Å². The molecule has 0 spiro atoms. The van der Waals surface area contributed by atoms with Crippen LogP contribution in [0.3, 0.4) is 0 Å². The molecule has 0 N–H and O–H groups in total. The van der Waals surface area contributed by atoms with Crippen molar-refractivity contribution in [2.75, 3.05) is 0 Å². The van der Waals surface area contributed by atoms with Crippen LogP contribution in [0.1, 0.15) is 25.7 Å². The van der Waals surface area contributed by atoms with E-state index in [1.54, 1.807) is 0 Å². The van der Waals surface area contributed by atoms with Crippen LogP contribution in [0.4, 0.5) is 0 Å². The molecule has 2 aromatic rings. The van der Waals surface area contributed by atoms with Crippen LogP contribution < -0.4 is 9.13 Å². The van der Waals surface area contributed by atoms with Gasteiger partial charge in [0.1, 0.15) is 24.8 Å². The minimum absolute atomic E-state index is 1.08. The van der Waals surface area contributed by atoms with Crippen LogP contribution in [0.2, 0.25) is 0 Å². The maximum atomic E-state index is 3.74. The Hall–Kier alpha value is -2.10. The number of hydrogen-bond donors (Lipinski definition) is 0. The summed E-state index contributed by atoms with van der Waals surface area (Å²) in [7, 11) is 0. The molecule has 4 heteroatoms. The summed E-state index contributed by atoms with van der Waals surface area (Å²) in [6.07, 6.45) is 21.0. The summed E-state index contributed by atoms with van der Waals surface area (Å²) in [6.45, 7) is 9.65. The SMILES string of the molecule is C=C[n+]1ccn(CCCCCCn2cc[n+](C=C)c2)c1. The van der Waals surface area contributed by atoms with Gasteiger partial charge in [-0.1, -0.05) is 13.2 Å². The van der Waals surface area contributed by atoms with Gasteiger partial charge in [-0.25, -0.2) is 18.3 Å². The Balaban J connectivity index is 1.57. The molecule has 2 heterocycles. The number of hydrogen-bond acceptors (Lipinski definition) is 0. The van der Waals surface area contributed by atoms with Crippen molar-refractivity contribution in [3.05, 3.63) is 50.6 Å². The quantitative estimate of drug-likeness (QED) is 0.492. The van der Waals surface area contributed by atoms with E-state index < -0.39 is 0 Å². The number of nitrogens with zero attached hydrogens (tertiary/aromatic N) is 4. The molecule has 0 amide bonds. The summed E-state index contributed by atoms with van der Waals surface area (Å²) in [5, 5.41) is 0. The number of rotatable bonds is 9. The van der Waals surface area contributed by atoms with Gasteiger partial charge in [-0.2, -0.15) is 0 Å². The molecular formula is C16H24N4+2. The van der Waals surface area contributed by atoms with E-state index in [0.29, 0.717) is 0 Å². The molecule has 0 bridgehead atoms. The summed E-state index contributed by atoms with van der Waals surface area (Å²) in [6, 6.07) is 0. The third-order valence-corrected chi connectivity index (χ3v) is 3.43. The smallest absolute Gasteiger partial charge is 0.236 e. The highest BCUT2D eigenvalue weighted by molar-refractivity contribution is 4.95. The van der Waals surface area contributed by atoms with Crippen LogP contribution in [0.25, 0.3) is 12.4 Å². The third kappa shape index (κ3) is 4.23. The predicted molar refractivity (Wildman–Crippen MR) is 80.5 cm³/mol. The van der Waals surface area contributed by atoms with E-state index >= 15 is 0 Å². The van der Waals surface area contributed by atoms with Gasteiger partial charge >= 0.3 is 0 Å². The van der Waals surface area contributed by atoms with Crippen LogP contribution in [-0.4, -0.2) is 9.13 Å². The molecule has 0 fully saturated rings. The highest BCUT2D eigenvalue weighted by Crippen LogP contribution is 2.03. The topological polar surface area (TPSA) is 17.6 Å². The van der Waals surface area contributed by atoms with Crippen molar-refractivity contribution in [3.63, 3.8) is 0 Å². The minimum Gasteiger partial charge on any atom is -0.236 e. The second kappa shape index (κ2) is 7.48. The van der Waals surface area contributed by atoms with Gasteiger partial charge in [-0.3, -0.25) is 0 Å². The van der Waals surface area contributed by atoms with Gasteiger partial charge in [-0.05, 0) is 25.7 Å². The third-order valence-electron chi connectivity index (χ3n) is 3.43. The number of unbranched alkanes of at least 4 members (excludes halogenated alkanes) is 3. The molecule has 0 aliphatic rings. The number of aromatic nitrogens is 4. The van der Waals surface area contributed by atoms with E-state index in [0.717, 1.165) is 13.1 Å². The summed E-state index contributed by atoms with van der Waals surface area (Å²) in [4.78, 5) is 0. The van der Waals surface area contributed by atoms with E-state index in [-0.39, 0.29) is 0 Å². The highest BCUT2D eigenvalue weighted by Gasteiger charge is 2.02. The lowest BCUT2D eigenvalue weighted by molar-refractivity contribution is -0.567. The van der Waals surface area contributed by atoms with Gasteiger partial charge in [-0.15, -0.1) is 0 Å². The monoisotopic (exact) mass is 272 g/mol. The van der Waals surface area contributed by atoms with E-state index in [9.17, 15) is 0 Å². The lowest BCUT2D eigenvalue weighted by Gasteiger charge is -1.98. The summed E-state index contributed by atoms with van der Waals surface area (Å²) >= 11 is 0. The first kappa shape index (κ1) is 14.3. The Morgan fingerprint density at radius 2 is 1.20 bits per heavy atom. The van der Waals surface area contributed by atoms with Gasteiger partial charge in [0.15, 0.2) is 0 Å². The summed E-state index contributed by atoms with van der Waals surface area (Å²) in [5.74, 6) is 0. The fraction of sp³-hybridized carbons (Fsp3) is 0.375. The lowest BCUT2D eigenvalue weighted by atomic mass is 10.2. The molecule has 2 rings (SSSR count). The molecule has 0 saturated carbocycles. The van der Waals surface area contributed by atoms with Crippen molar-refractivity contribution >= 4 is 12.4 Å². The van der Waals surface area contributed by atoms with Crippen molar-refractivity contribution in [1.29, 1.82) is 0 Å². The van der Waals surface area contributed by atoms with Crippen molar-refractivity contribution in [2.45, 2.75) is 38.8 Å². The molecule has 106 valence electrons. The first-order chi connectivity index (χ1) is 9.81. The molecular weight excluding hydrogens is 248 g/mol. The zero-order chi connectivity index (χ0) is 14.2. The fourth-order valence-electron chi connectivity index (χ4n) is 2.24. The lowest BCUT2D eigenvalue weighted by Crippen LogP contribution is -2.21. The van der Waals surface area contributed by atoms with E-state index in [1.165, 1.54) is 25.7 Å². The normalized spacial score (nSPS) is 10.6. The van der Waals surface area contributed by atoms with Gasteiger partial charge < -0.3 is 0 Å². The molecule has 0 aromatic carbocycles. The fourth-order valence-corrected chi connectivity index (χ4v) is 2.24. The van der Waals surface area contributed by atoms with Gasteiger partial charge in [0.2, 0.25) is 12.7 Å². The molecule has 0 saturated heterocycles. The predicted octanol–water partition coefficient (Wildman–Crippen LogP) is 2.33. The molecule has 20 heavy (non-hydrogen) atoms. The Morgan fingerprint density at radius 3 is 1.55 bits per heavy atom. The molecule has 4 nitrogen and oxygen atoms in total. The van der Waals surface area contributed by atoms with E-state index in [4.69, 9.17) is 0 Å². The molecule has 0 unspecified atom stereocenters. The second-order valence-corrected chi connectivity index (χ2v) is 4.98. The Labute approximate surface area is 120 Å². The van der Waals surface area contributed by atoms with Crippen LogP contribution in [-0.2, 0) is 13.1 Å². The molecule has 0 aliphatic heterocycles. The zero-order valence-corrected chi connectivity index (χ0v) is 12.1. The van der Waals surface area contributed by atoms with E-state index in [1.807, 2.05) is 33.9 Å². The molecule has 2 aromatic heterocycles. The zero-order valence-electron chi connectivity index (χ0n) is 12.1. The first-order valence-corrected chi connectivity index (χ1v) is 7.20.